The minimum Gasteiger partial charge on any atom is -0.481 e. The van der Waals surface area contributed by atoms with E-state index in [2.05, 4.69) is 15.6 Å². The number of likely N-dealkylation sites (tertiary alicyclic amines) is 1. The second-order valence-electron chi connectivity index (χ2n) is 8.47. The van der Waals surface area contributed by atoms with Crippen LogP contribution >= 0.6 is 0 Å². The zero-order valence-electron chi connectivity index (χ0n) is 19.4. The Hall–Kier alpha value is -3.42. The number of nitrogens with one attached hydrogen (secondary N) is 2. The standard InChI is InChI=1S/C20H35N7O7/c1-10(2)15(26-16(30)11(21)5-3-7-24-20(22)23)18(32)27-8-4-6-13(27)17(31)25-12(19(33)34)9-14(28)29/h10-13,15H,3-9,21H2,1-2H3,(H,25,31)(H,26,30)(H,28,29)(H,33,34)(H4,22,23,24). The van der Waals surface area contributed by atoms with Crippen LogP contribution in [0.4, 0.5) is 0 Å². The number of aliphatic imine (C=N–C) groups is 1. The molecule has 4 atom stereocenters. The van der Waals surface area contributed by atoms with Crippen LogP contribution in [0.2, 0.25) is 0 Å². The van der Waals surface area contributed by atoms with Crippen molar-refractivity contribution in [2.75, 3.05) is 13.1 Å². The van der Waals surface area contributed by atoms with Crippen molar-refractivity contribution in [1.82, 2.24) is 15.5 Å². The molecule has 34 heavy (non-hydrogen) atoms. The molecule has 1 aliphatic heterocycles. The first-order chi connectivity index (χ1) is 15.8. The number of hydrogen-bond acceptors (Lipinski definition) is 7. The third-order valence-electron chi connectivity index (χ3n) is 5.37. The Kier molecular flexibility index (Phi) is 11.2. The van der Waals surface area contributed by atoms with E-state index in [1.54, 1.807) is 13.8 Å². The number of carboxylic acids is 2. The predicted molar refractivity (Wildman–Crippen MR) is 121 cm³/mol. The number of nitrogens with two attached hydrogens (primary N) is 3. The van der Waals surface area contributed by atoms with Crippen LogP contribution in [0.3, 0.4) is 0 Å². The van der Waals surface area contributed by atoms with E-state index in [9.17, 15) is 24.0 Å². The number of carbonyl (C=O) groups is 5. The maximum absolute atomic E-state index is 13.2. The van der Waals surface area contributed by atoms with E-state index in [4.69, 9.17) is 27.4 Å². The Labute approximate surface area is 197 Å². The van der Waals surface area contributed by atoms with Gasteiger partial charge in [0.2, 0.25) is 17.7 Å². The SMILES string of the molecule is CC(C)C(NC(=O)C(N)CCCN=C(N)N)C(=O)N1CCCC1C(=O)NC(CC(=O)O)C(=O)O. The van der Waals surface area contributed by atoms with Crippen LogP contribution < -0.4 is 27.8 Å². The summed E-state index contributed by atoms with van der Waals surface area (Å²) in [5.41, 5.74) is 16.4. The normalized spacial score (nSPS) is 18.0. The second kappa shape index (κ2) is 13.3. The molecule has 0 bridgehead atoms. The number of aliphatic carboxylic acids is 2. The lowest BCUT2D eigenvalue weighted by molar-refractivity contribution is -0.148. The number of rotatable bonds is 13. The third-order valence-corrected chi connectivity index (χ3v) is 5.37. The number of carboxylic acid groups (broad SMARTS) is 2. The van der Waals surface area contributed by atoms with Gasteiger partial charge in [0.15, 0.2) is 5.96 Å². The highest BCUT2D eigenvalue weighted by Crippen LogP contribution is 2.21. The van der Waals surface area contributed by atoms with Gasteiger partial charge in [0.1, 0.15) is 18.1 Å². The zero-order chi connectivity index (χ0) is 26.0. The fraction of sp³-hybridized carbons (Fsp3) is 0.700. The van der Waals surface area contributed by atoms with Crippen LogP contribution in [0.5, 0.6) is 0 Å². The van der Waals surface area contributed by atoms with Gasteiger partial charge in [0.05, 0.1) is 12.5 Å². The average Bonchev–Trinajstić information content (AvgIpc) is 3.23. The Morgan fingerprint density at radius 1 is 1.12 bits per heavy atom. The van der Waals surface area contributed by atoms with Crippen molar-refractivity contribution in [3.05, 3.63) is 0 Å². The number of guanidine groups is 1. The van der Waals surface area contributed by atoms with Gasteiger partial charge in [-0.05, 0) is 31.6 Å². The lowest BCUT2D eigenvalue weighted by atomic mass is 10.0. The molecule has 10 N–H and O–H groups in total. The molecule has 1 aliphatic rings. The first kappa shape index (κ1) is 28.6. The number of hydrogen-bond donors (Lipinski definition) is 7. The smallest absolute Gasteiger partial charge is 0.326 e. The molecule has 0 spiro atoms. The molecule has 192 valence electrons. The quantitative estimate of drug-likeness (QED) is 0.0823. The molecule has 0 radical (unpaired) electrons. The van der Waals surface area contributed by atoms with Crippen molar-refractivity contribution in [3.63, 3.8) is 0 Å². The summed E-state index contributed by atoms with van der Waals surface area (Å²) in [6, 6.07) is -4.46. The first-order valence-corrected chi connectivity index (χ1v) is 11.0. The number of carbonyl (C=O) groups excluding carboxylic acids is 3. The molecule has 0 saturated carbocycles. The van der Waals surface area contributed by atoms with E-state index in [0.717, 1.165) is 0 Å². The highest BCUT2D eigenvalue weighted by Gasteiger charge is 2.40. The van der Waals surface area contributed by atoms with E-state index < -0.39 is 60.2 Å². The molecule has 0 aliphatic carbocycles. The van der Waals surface area contributed by atoms with Crippen LogP contribution in [0.15, 0.2) is 4.99 Å². The van der Waals surface area contributed by atoms with Crippen molar-refractivity contribution < 1.29 is 34.2 Å². The average molecular weight is 486 g/mol. The van der Waals surface area contributed by atoms with Crippen LogP contribution in [0, 0.1) is 5.92 Å². The van der Waals surface area contributed by atoms with Crippen molar-refractivity contribution in [3.8, 4) is 0 Å². The molecule has 1 heterocycles. The molecule has 1 saturated heterocycles. The van der Waals surface area contributed by atoms with Crippen LogP contribution in [0.1, 0.15) is 46.0 Å². The molecule has 0 aromatic heterocycles. The van der Waals surface area contributed by atoms with Gasteiger partial charge in [-0.3, -0.25) is 24.2 Å². The van der Waals surface area contributed by atoms with Crippen LogP contribution in [0.25, 0.3) is 0 Å². The van der Waals surface area contributed by atoms with Gasteiger partial charge in [0.25, 0.3) is 0 Å². The van der Waals surface area contributed by atoms with Gasteiger partial charge in [-0.25, -0.2) is 4.79 Å². The van der Waals surface area contributed by atoms with Gasteiger partial charge < -0.3 is 42.9 Å². The number of nitrogens with zero attached hydrogens (tertiary/aromatic N) is 2. The van der Waals surface area contributed by atoms with Gasteiger partial charge in [-0.1, -0.05) is 13.8 Å². The lowest BCUT2D eigenvalue weighted by Gasteiger charge is -2.31. The summed E-state index contributed by atoms with van der Waals surface area (Å²) < 4.78 is 0. The largest absolute Gasteiger partial charge is 0.481 e. The topological polar surface area (TPSA) is 244 Å². The van der Waals surface area contributed by atoms with Gasteiger partial charge >= 0.3 is 11.9 Å². The van der Waals surface area contributed by atoms with E-state index in [0.29, 0.717) is 19.4 Å². The van der Waals surface area contributed by atoms with Crippen molar-refractivity contribution in [2.24, 2.45) is 28.1 Å². The van der Waals surface area contributed by atoms with Gasteiger partial charge in [-0.15, -0.1) is 0 Å². The summed E-state index contributed by atoms with van der Waals surface area (Å²) >= 11 is 0. The summed E-state index contributed by atoms with van der Waals surface area (Å²) in [5, 5.41) is 22.9. The lowest BCUT2D eigenvalue weighted by Crippen LogP contribution is -2.58. The van der Waals surface area contributed by atoms with Crippen molar-refractivity contribution in [1.29, 1.82) is 0 Å². The summed E-state index contributed by atoms with van der Waals surface area (Å²) in [6.45, 7) is 3.99. The number of amides is 3. The molecule has 0 aromatic rings. The van der Waals surface area contributed by atoms with E-state index in [-0.39, 0.29) is 31.3 Å². The van der Waals surface area contributed by atoms with E-state index >= 15 is 0 Å². The summed E-state index contributed by atoms with van der Waals surface area (Å²) in [4.78, 5) is 65.7. The first-order valence-electron chi connectivity index (χ1n) is 11.0. The summed E-state index contributed by atoms with van der Waals surface area (Å²) in [5.74, 6) is -5.07. The van der Waals surface area contributed by atoms with E-state index in [1.807, 2.05) is 0 Å². The highest BCUT2D eigenvalue weighted by molar-refractivity contribution is 5.95. The fourth-order valence-corrected chi connectivity index (χ4v) is 3.55. The second-order valence-corrected chi connectivity index (χ2v) is 8.47. The summed E-state index contributed by atoms with van der Waals surface area (Å²) in [7, 11) is 0. The fourth-order valence-electron chi connectivity index (χ4n) is 3.55. The highest BCUT2D eigenvalue weighted by atomic mass is 16.4. The Bertz CT molecular complexity index is 798. The van der Waals surface area contributed by atoms with Gasteiger partial charge in [-0.2, -0.15) is 0 Å². The predicted octanol–water partition coefficient (Wildman–Crippen LogP) is -2.46. The molecule has 4 unspecified atom stereocenters. The van der Waals surface area contributed by atoms with Crippen LogP contribution in [-0.4, -0.2) is 88.0 Å². The molecule has 14 heteroatoms. The Balaban J connectivity index is 2.84. The zero-order valence-corrected chi connectivity index (χ0v) is 19.4. The molecule has 0 aromatic carbocycles. The van der Waals surface area contributed by atoms with E-state index in [1.165, 1.54) is 4.90 Å². The van der Waals surface area contributed by atoms with Crippen molar-refractivity contribution in [2.45, 2.75) is 70.1 Å². The molecule has 3 amide bonds. The minimum atomic E-state index is -1.62. The molecule has 1 rings (SSSR count). The van der Waals surface area contributed by atoms with Crippen molar-refractivity contribution >= 4 is 35.6 Å². The Morgan fingerprint density at radius 2 is 1.76 bits per heavy atom. The van der Waals surface area contributed by atoms with Gasteiger partial charge in [0, 0.05) is 13.1 Å². The molecular formula is C20H35N7O7. The minimum absolute atomic E-state index is 0.0645. The molecular weight excluding hydrogens is 450 g/mol. The maximum Gasteiger partial charge on any atom is 0.326 e. The van der Waals surface area contributed by atoms with Crippen LogP contribution in [-0.2, 0) is 24.0 Å². The maximum atomic E-state index is 13.2. The monoisotopic (exact) mass is 485 g/mol. The third kappa shape index (κ3) is 8.84. The molecule has 1 fully saturated rings. The summed E-state index contributed by atoms with van der Waals surface area (Å²) in [6.07, 6.45) is 0.718. The Morgan fingerprint density at radius 3 is 2.29 bits per heavy atom. The molecule has 14 nitrogen and oxygen atoms in total.